The van der Waals surface area contributed by atoms with E-state index in [1.54, 1.807) is 42.8 Å². The Bertz CT molecular complexity index is 784. The summed E-state index contributed by atoms with van der Waals surface area (Å²) in [5, 5.41) is 2.77. The molecule has 0 saturated carbocycles. The summed E-state index contributed by atoms with van der Waals surface area (Å²) >= 11 is 0. The predicted octanol–water partition coefficient (Wildman–Crippen LogP) is 1.85. The zero-order chi connectivity index (χ0) is 16.1. The van der Waals surface area contributed by atoms with E-state index in [2.05, 4.69) is 20.3 Å². The van der Waals surface area contributed by atoms with Crippen molar-refractivity contribution in [1.29, 1.82) is 0 Å². The summed E-state index contributed by atoms with van der Waals surface area (Å²) in [6.07, 6.45) is 8.33. The van der Waals surface area contributed by atoms with E-state index >= 15 is 0 Å². The van der Waals surface area contributed by atoms with Crippen LogP contribution in [0.3, 0.4) is 0 Å². The van der Waals surface area contributed by atoms with Gasteiger partial charge in [-0.3, -0.25) is 9.36 Å². The van der Waals surface area contributed by atoms with Crippen LogP contribution < -0.4 is 10.1 Å². The second-order valence-electron chi connectivity index (χ2n) is 4.78. The first kappa shape index (κ1) is 14.7. The lowest BCUT2D eigenvalue weighted by molar-refractivity contribution is -0.115. The van der Waals surface area contributed by atoms with Gasteiger partial charge in [-0.2, -0.15) is 0 Å². The molecule has 0 unspecified atom stereocenters. The number of carbonyl (C=O) groups excluding carboxylic acids is 1. The van der Waals surface area contributed by atoms with Gasteiger partial charge in [0, 0.05) is 18.0 Å². The molecule has 2 aromatic heterocycles. The number of hydrogen-bond acceptors (Lipinski definition) is 5. The maximum Gasteiger partial charge on any atom is 0.234 e. The van der Waals surface area contributed by atoms with E-state index in [9.17, 15) is 4.79 Å². The van der Waals surface area contributed by atoms with Crippen molar-refractivity contribution in [2.45, 2.75) is 6.42 Å². The van der Waals surface area contributed by atoms with Crippen LogP contribution >= 0.6 is 0 Å². The minimum Gasteiger partial charge on any atom is -0.496 e. The Morgan fingerprint density at radius 3 is 2.74 bits per heavy atom. The molecular weight excluding hydrogens is 294 g/mol. The van der Waals surface area contributed by atoms with E-state index in [1.807, 2.05) is 24.3 Å². The molecule has 7 nitrogen and oxygen atoms in total. The summed E-state index contributed by atoms with van der Waals surface area (Å²) in [7, 11) is 1.58. The van der Waals surface area contributed by atoms with Gasteiger partial charge in [-0.05, 0) is 6.07 Å². The Balaban J connectivity index is 1.66. The molecule has 0 radical (unpaired) electrons. The van der Waals surface area contributed by atoms with Crippen molar-refractivity contribution in [2.24, 2.45) is 0 Å². The van der Waals surface area contributed by atoms with Crippen molar-refractivity contribution in [1.82, 2.24) is 19.5 Å². The molecule has 116 valence electrons. The van der Waals surface area contributed by atoms with E-state index in [4.69, 9.17) is 4.74 Å². The molecule has 1 aromatic carbocycles. The van der Waals surface area contributed by atoms with Crippen molar-refractivity contribution in [3.8, 4) is 11.7 Å². The Morgan fingerprint density at radius 1 is 1.26 bits per heavy atom. The van der Waals surface area contributed by atoms with Gasteiger partial charge in [-0.25, -0.2) is 15.0 Å². The monoisotopic (exact) mass is 309 g/mol. The fraction of sp³-hybridized carbons (Fsp3) is 0.125. The van der Waals surface area contributed by atoms with Gasteiger partial charge >= 0.3 is 0 Å². The van der Waals surface area contributed by atoms with Crippen LogP contribution in [0.4, 0.5) is 5.69 Å². The van der Waals surface area contributed by atoms with E-state index in [1.165, 1.54) is 0 Å². The molecule has 1 N–H and O–H groups in total. The van der Waals surface area contributed by atoms with Gasteiger partial charge in [-0.15, -0.1) is 0 Å². The first-order valence-electron chi connectivity index (χ1n) is 6.98. The summed E-state index contributed by atoms with van der Waals surface area (Å²) < 4.78 is 6.92. The molecule has 0 saturated heterocycles. The molecule has 0 atom stereocenters. The molecule has 0 aliphatic carbocycles. The molecule has 23 heavy (non-hydrogen) atoms. The zero-order valence-electron chi connectivity index (χ0n) is 12.5. The summed E-state index contributed by atoms with van der Waals surface area (Å²) in [6.45, 7) is 0. The van der Waals surface area contributed by atoms with Gasteiger partial charge in [0.15, 0.2) is 0 Å². The molecular formula is C16H15N5O2. The number of aromatic nitrogens is 4. The first-order chi connectivity index (χ1) is 11.3. The molecule has 1 amide bonds. The molecule has 0 fully saturated rings. The third kappa shape index (κ3) is 3.52. The molecule has 0 aliphatic heterocycles. The largest absolute Gasteiger partial charge is 0.496 e. The van der Waals surface area contributed by atoms with E-state index < -0.39 is 0 Å². The first-order valence-corrected chi connectivity index (χ1v) is 6.98. The Labute approximate surface area is 133 Å². The minimum absolute atomic E-state index is 0.159. The second-order valence-corrected chi connectivity index (χ2v) is 4.78. The number of carbonyl (C=O) groups is 1. The topological polar surface area (TPSA) is 81.9 Å². The zero-order valence-corrected chi connectivity index (χ0v) is 12.5. The van der Waals surface area contributed by atoms with Crippen molar-refractivity contribution in [3.05, 3.63) is 60.9 Å². The number of nitrogens with one attached hydrogen (secondary N) is 1. The van der Waals surface area contributed by atoms with Gasteiger partial charge in [0.05, 0.1) is 31.6 Å². The third-order valence-corrected chi connectivity index (χ3v) is 3.20. The number of nitrogens with zero attached hydrogens (tertiary/aromatic N) is 4. The van der Waals surface area contributed by atoms with Gasteiger partial charge in [0.25, 0.3) is 0 Å². The standard InChI is InChI=1S/C16H15N5O2/c1-23-14-5-3-2-4-12(14)8-15(22)20-13-9-18-16(19-10-13)21-7-6-17-11-21/h2-7,9-11H,8H2,1H3,(H,20,22). The smallest absolute Gasteiger partial charge is 0.234 e. The number of rotatable bonds is 5. The molecule has 0 bridgehead atoms. The van der Waals surface area contributed by atoms with Crippen LogP contribution in [0.15, 0.2) is 55.4 Å². The molecule has 3 aromatic rings. The lowest BCUT2D eigenvalue weighted by Gasteiger charge is -2.09. The predicted molar refractivity (Wildman–Crippen MR) is 84.5 cm³/mol. The lowest BCUT2D eigenvalue weighted by Crippen LogP contribution is -2.15. The highest BCUT2D eigenvalue weighted by molar-refractivity contribution is 5.92. The van der Waals surface area contributed by atoms with Crippen molar-refractivity contribution in [2.75, 3.05) is 12.4 Å². The van der Waals surface area contributed by atoms with Crippen molar-refractivity contribution < 1.29 is 9.53 Å². The number of ether oxygens (including phenoxy) is 1. The van der Waals surface area contributed by atoms with E-state index in [0.29, 0.717) is 17.4 Å². The molecule has 7 heteroatoms. The van der Waals surface area contributed by atoms with Crippen molar-refractivity contribution >= 4 is 11.6 Å². The number of amides is 1. The average Bonchev–Trinajstić information content (AvgIpc) is 3.10. The van der Waals surface area contributed by atoms with Crippen LogP contribution in [0.2, 0.25) is 0 Å². The molecule has 0 aliphatic rings. The van der Waals surface area contributed by atoms with Gasteiger partial charge < -0.3 is 10.1 Å². The molecule has 2 heterocycles. The fourth-order valence-electron chi connectivity index (χ4n) is 2.12. The lowest BCUT2D eigenvalue weighted by atomic mass is 10.1. The van der Waals surface area contributed by atoms with Crippen LogP contribution in [0, 0.1) is 0 Å². The molecule has 3 rings (SSSR count). The normalized spacial score (nSPS) is 10.3. The SMILES string of the molecule is COc1ccccc1CC(=O)Nc1cnc(-n2ccnc2)nc1. The number of benzene rings is 1. The van der Waals surface area contributed by atoms with E-state index in [0.717, 1.165) is 5.56 Å². The van der Waals surface area contributed by atoms with Crippen LogP contribution in [-0.4, -0.2) is 32.5 Å². The molecule has 0 spiro atoms. The minimum atomic E-state index is -0.159. The van der Waals surface area contributed by atoms with Crippen molar-refractivity contribution in [3.63, 3.8) is 0 Å². The summed E-state index contributed by atoms with van der Waals surface area (Å²) in [6, 6.07) is 7.42. The highest BCUT2D eigenvalue weighted by Gasteiger charge is 2.09. The van der Waals surface area contributed by atoms with Crippen LogP contribution in [0.25, 0.3) is 5.95 Å². The highest BCUT2D eigenvalue weighted by Crippen LogP contribution is 2.18. The fourth-order valence-corrected chi connectivity index (χ4v) is 2.12. The van der Waals surface area contributed by atoms with Gasteiger partial charge in [-0.1, -0.05) is 18.2 Å². The number of anilines is 1. The highest BCUT2D eigenvalue weighted by atomic mass is 16.5. The number of hydrogen-bond donors (Lipinski definition) is 1. The quantitative estimate of drug-likeness (QED) is 0.778. The maximum absolute atomic E-state index is 12.1. The maximum atomic E-state index is 12.1. The van der Waals surface area contributed by atoms with Crippen LogP contribution in [-0.2, 0) is 11.2 Å². The van der Waals surface area contributed by atoms with E-state index in [-0.39, 0.29) is 12.3 Å². The summed E-state index contributed by atoms with van der Waals surface area (Å²) in [5.74, 6) is 1.02. The summed E-state index contributed by atoms with van der Waals surface area (Å²) in [5.41, 5.74) is 1.36. The average molecular weight is 309 g/mol. The van der Waals surface area contributed by atoms with Gasteiger partial charge in [0.1, 0.15) is 12.1 Å². The van der Waals surface area contributed by atoms with Gasteiger partial charge in [0.2, 0.25) is 11.9 Å². The summed E-state index contributed by atoms with van der Waals surface area (Å²) in [4.78, 5) is 24.4. The van der Waals surface area contributed by atoms with Crippen LogP contribution in [0.5, 0.6) is 5.75 Å². The number of para-hydroxylation sites is 1. The third-order valence-electron chi connectivity index (χ3n) is 3.20. The Morgan fingerprint density at radius 2 is 2.04 bits per heavy atom. The Hall–Kier alpha value is -3.22. The van der Waals surface area contributed by atoms with Crippen LogP contribution in [0.1, 0.15) is 5.56 Å². The number of methoxy groups -OCH3 is 1. The second kappa shape index (κ2) is 6.69. The number of imidazole rings is 1. The Kier molecular flexibility index (Phi) is 4.28.